The Morgan fingerprint density at radius 2 is 2.42 bits per heavy atom. The van der Waals surface area contributed by atoms with Crippen LogP contribution in [0.15, 0.2) is 18.2 Å². The van der Waals surface area contributed by atoms with Gasteiger partial charge in [-0.2, -0.15) is 0 Å². The second-order valence-corrected chi connectivity index (χ2v) is 4.42. The maximum Gasteiger partial charge on any atom is 0.124 e. The number of nitrogens with two attached hydrogens (primary N) is 1. The monoisotopic (exact) mass is 265 g/mol. The van der Waals surface area contributed by atoms with E-state index in [-0.39, 0.29) is 18.5 Å². The molecular formula is C13H19N3O3. The van der Waals surface area contributed by atoms with Crippen molar-refractivity contribution in [2.45, 2.75) is 6.10 Å². The highest BCUT2D eigenvalue weighted by molar-refractivity contribution is 6.00. The minimum Gasteiger partial charge on any atom is -0.497 e. The summed E-state index contributed by atoms with van der Waals surface area (Å²) in [5.41, 5.74) is 7.12. The van der Waals surface area contributed by atoms with Crippen LogP contribution in [0, 0.1) is 5.41 Å². The number of morpholine rings is 1. The van der Waals surface area contributed by atoms with Crippen LogP contribution in [0.2, 0.25) is 0 Å². The lowest BCUT2D eigenvalue weighted by molar-refractivity contribution is 0.00355. The van der Waals surface area contributed by atoms with Crippen molar-refractivity contribution < 1.29 is 14.6 Å². The van der Waals surface area contributed by atoms with E-state index in [1.54, 1.807) is 19.2 Å². The maximum atomic E-state index is 9.19. The Morgan fingerprint density at radius 3 is 3.05 bits per heavy atom. The van der Waals surface area contributed by atoms with Crippen LogP contribution >= 0.6 is 0 Å². The van der Waals surface area contributed by atoms with Crippen LogP contribution in [0.25, 0.3) is 0 Å². The van der Waals surface area contributed by atoms with Crippen LogP contribution in [-0.4, -0.2) is 50.5 Å². The van der Waals surface area contributed by atoms with Crippen LogP contribution in [0.1, 0.15) is 5.56 Å². The van der Waals surface area contributed by atoms with E-state index in [1.807, 2.05) is 6.07 Å². The number of hydrogen-bond acceptors (Lipinski definition) is 5. The third-order valence-corrected chi connectivity index (χ3v) is 3.18. The van der Waals surface area contributed by atoms with Crippen molar-refractivity contribution in [2.75, 3.05) is 38.3 Å². The number of anilines is 1. The van der Waals surface area contributed by atoms with Gasteiger partial charge in [-0.15, -0.1) is 0 Å². The van der Waals surface area contributed by atoms with Crippen LogP contribution < -0.4 is 15.4 Å². The first kappa shape index (κ1) is 13.6. The Hall–Kier alpha value is -1.79. The smallest absolute Gasteiger partial charge is 0.124 e. The minimum atomic E-state index is -0.209. The molecule has 2 rings (SSSR count). The molecule has 0 aliphatic carbocycles. The second-order valence-electron chi connectivity index (χ2n) is 4.42. The number of amidine groups is 1. The molecule has 0 spiro atoms. The fourth-order valence-electron chi connectivity index (χ4n) is 2.18. The van der Waals surface area contributed by atoms with Gasteiger partial charge in [0, 0.05) is 24.7 Å². The van der Waals surface area contributed by atoms with Gasteiger partial charge in [0.25, 0.3) is 0 Å². The van der Waals surface area contributed by atoms with E-state index >= 15 is 0 Å². The summed E-state index contributed by atoms with van der Waals surface area (Å²) in [5.74, 6) is 0.733. The summed E-state index contributed by atoms with van der Waals surface area (Å²) < 4.78 is 10.6. The zero-order valence-electron chi connectivity index (χ0n) is 10.9. The molecule has 1 unspecified atom stereocenters. The zero-order chi connectivity index (χ0) is 13.8. The largest absolute Gasteiger partial charge is 0.497 e. The fraction of sp³-hybridized carbons (Fsp3) is 0.462. The highest BCUT2D eigenvalue weighted by atomic mass is 16.5. The van der Waals surface area contributed by atoms with E-state index in [1.165, 1.54) is 0 Å². The number of ether oxygens (including phenoxy) is 2. The topological polar surface area (TPSA) is 91.8 Å². The van der Waals surface area contributed by atoms with Gasteiger partial charge in [0.2, 0.25) is 0 Å². The average Bonchev–Trinajstić information content (AvgIpc) is 2.46. The summed E-state index contributed by atoms with van der Waals surface area (Å²) in [6.45, 7) is 1.80. The molecule has 1 aromatic rings. The molecule has 6 heteroatoms. The third-order valence-electron chi connectivity index (χ3n) is 3.18. The molecule has 0 radical (unpaired) electrons. The van der Waals surface area contributed by atoms with Gasteiger partial charge in [-0.25, -0.2) is 0 Å². The molecule has 19 heavy (non-hydrogen) atoms. The van der Waals surface area contributed by atoms with Gasteiger partial charge in [-0.3, -0.25) is 5.41 Å². The van der Waals surface area contributed by atoms with Crippen molar-refractivity contribution in [3.63, 3.8) is 0 Å². The Bertz CT molecular complexity index is 464. The molecule has 1 aromatic carbocycles. The number of aliphatic hydroxyl groups excluding tert-OH is 1. The Kier molecular flexibility index (Phi) is 4.24. The van der Waals surface area contributed by atoms with Crippen LogP contribution in [-0.2, 0) is 4.74 Å². The number of aliphatic hydroxyl groups is 1. The zero-order valence-corrected chi connectivity index (χ0v) is 10.9. The van der Waals surface area contributed by atoms with Crippen LogP contribution in [0.4, 0.5) is 5.69 Å². The van der Waals surface area contributed by atoms with E-state index < -0.39 is 0 Å². The van der Waals surface area contributed by atoms with Crippen molar-refractivity contribution in [2.24, 2.45) is 5.73 Å². The molecule has 1 fully saturated rings. The summed E-state index contributed by atoms with van der Waals surface area (Å²) in [7, 11) is 1.60. The third kappa shape index (κ3) is 2.97. The highest BCUT2D eigenvalue weighted by Gasteiger charge is 2.22. The molecule has 1 saturated heterocycles. The molecule has 0 amide bonds. The summed E-state index contributed by atoms with van der Waals surface area (Å²) in [6.07, 6.45) is -0.209. The minimum absolute atomic E-state index is 0.0180. The lowest BCUT2D eigenvalue weighted by atomic mass is 10.1. The van der Waals surface area contributed by atoms with Gasteiger partial charge < -0.3 is 25.2 Å². The van der Waals surface area contributed by atoms with Gasteiger partial charge in [0.05, 0.1) is 32.1 Å². The number of rotatable bonds is 4. The average molecular weight is 265 g/mol. The summed E-state index contributed by atoms with van der Waals surface area (Å²) >= 11 is 0. The van der Waals surface area contributed by atoms with E-state index in [0.29, 0.717) is 31.0 Å². The Labute approximate surface area is 112 Å². The Balaban J connectivity index is 2.32. The SMILES string of the molecule is COc1ccc(C(=N)N)c(N2CCOC(CO)C2)c1. The molecule has 1 atom stereocenters. The highest BCUT2D eigenvalue weighted by Crippen LogP contribution is 2.27. The van der Waals surface area contributed by atoms with Gasteiger partial charge in [0.15, 0.2) is 0 Å². The van der Waals surface area contributed by atoms with Crippen LogP contribution in [0.5, 0.6) is 5.75 Å². The van der Waals surface area contributed by atoms with E-state index in [0.717, 1.165) is 5.69 Å². The number of nitrogen functional groups attached to an aromatic ring is 1. The molecule has 0 aromatic heterocycles. The van der Waals surface area contributed by atoms with Gasteiger partial charge in [-0.05, 0) is 12.1 Å². The van der Waals surface area contributed by atoms with Crippen molar-refractivity contribution >= 4 is 11.5 Å². The second kappa shape index (κ2) is 5.90. The van der Waals surface area contributed by atoms with E-state index in [9.17, 15) is 5.11 Å². The normalized spacial score (nSPS) is 19.3. The number of methoxy groups -OCH3 is 1. The predicted molar refractivity (Wildman–Crippen MR) is 73.0 cm³/mol. The summed E-state index contributed by atoms with van der Waals surface area (Å²) in [4.78, 5) is 2.06. The quantitative estimate of drug-likeness (QED) is 0.533. The fourth-order valence-corrected chi connectivity index (χ4v) is 2.18. The molecular weight excluding hydrogens is 246 g/mol. The van der Waals surface area contributed by atoms with Crippen molar-refractivity contribution in [3.05, 3.63) is 23.8 Å². The van der Waals surface area contributed by atoms with Gasteiger partial charge >= 0.3 is 0 Å². The standard InChI is InChI=1S/C13H19N3O3/c1-18-9-2-3-11(13(14)15)12(6-9)16-4-5-19-10(7-16)8-17/h2-3,6,10,17H,4-5,7-8H2,1H3,(H3,14,15). The summed E-state index contributed by atoms with van der Waals surface area (Å²) in [5, 5.41) is 16.8. The first-order valence-corrected chi connectivity index (χ1v) is 6.15. The number of benzene rings is 1. The molecule has 1 aliphatic rings. The predicted octanol–water partition coefficient (Wildman–Crippen LogP) is 0.177. The van der Waals surface area contributed by atoms with Gasteiger partial charge in [-0.1, -0.05) is 0 Å². The number of nitrogens with zero attached hydrogens (tertiary/aromatic N) is 1. The number of hydrogen-bond donors (Lipinski definition) is 3. The molecule has 6 nitrogen and oxygen atoms in total. The first-order valence-electron chi connectivity index (χ1n) is 6.15. The lowest BCUT2D eigenvalue weighted by Crippen LogP contribution is -2.44. The van der Waals surface area contributed by atoms with E-state index in [4.69, 9.17) is 20.6 Å². The molecule has 1 heterocycles. The first-order chi connectivity index (χ1) is 9.15. The molecule has 0 saturated carbocycles. The van der Waals surface area contributed by atoms with Crippen LogP contribution in [0.3, 0.4) is 0 Å². The van der Waals surface area contributed by atoms with Crippen molar-refractivity contribution in [3.8, 4) is 5.75 Å². The molecule has 1 aliphatic heterocycles. The lowest BCUT2D eigenvalue weighted by Gasteiger charge is -2.34. The molecule has 0 bridgehead atoms. The van der Waals surface area contributed by atoms with Gasteiger partial charge in [0.1, 0.15) is 11.6 Å². The molecule has 104 valence electrons. The Morgan fingerprint density at radius 1 is 1.63 bits per heavy atom. The van der Waals surface area contributed by atoms with Crippen molar-refractivity contribution in [1.82, 2.24) is 0 Å². The molecule has 4 N–H and O–H groups in total. The number of nitrogens with one attached hydrogen (secondary N) is 1. The van der Waals surface area contributed by atoms with E-state index in [2.05, 4.69) is 4.90 Å². The maximum absolute atomic E-state index is 9.19. The summed E-state index contributed by atoms with van der Waals surface area (Å²) in [6, 6.07) is 5.42. The van der Waals surface area contributed by atoms with Crippen molar-refractivity contribution in [1.29, 1.82) is 5.41 Å².